The Labute approximate surface area is 48.6 Å². The van der Waals surface area contributed by atoms with Gasteiger partial charge in [-0.05, 0) is 6.42 Å². The minimum atomic E-state index is -2.32. The number of hydrogen-bond donors (Lipinski definition) is 1. The average molecular weight is 136 g/mol. The molecule has 8 heavy (non-hydrogen) atoms. The van der Waals surface area contributed by atoms with Gasteiger partial charge in [-0.15, -0.1) is 0 Å². The van der Waals surface area contributed by atoms with E-state index in [1.807, 2.05) is 0 Å². The number of aldehydes is 1. The molecule has 0 aromatic heterocycles. The van der Waals surface area contributed by atoms with E-state index in [1.54, 1.807) is 0 Å². The van der Waals surface area contributed by atoms with Crippen molar-refractivity contribution in [2.75, 3.05) is 6.16 Å². The van der Waals surface area contributed by atoms with Gasteiger partial charge in [0.15, 0.2) is 8.03 Å². The van der Waals surface area contributed by atoms with Crippen molar-refractivity contribution in [2.24, 2.45) is 0 Å². The van der Waals surface area contributed by atoms with Crippen molar-refractivity contribution in [1.29, 1.82) is 0 Å². The molecule has 0 bridgehead atoms. The van der Waals surface area contributed by atoms with E-state index in [9.17, 15) is 9.36 Å². The van der Waals surface area contributed by atoms with Gasteiger partial charge in [0.05, 0.1) is 0 Å². The third-order valence-electron chi connectivity index (χ3n) is 0.713. The molecule has 0 rings (SSSR count). The Morgan fingerprint density at radius 3 is 2.62 bits per heavy atom. The molecule has 1 N–H and O–H groups in total. The monoisotopic (exact) mass is 136 g/mol. The van der Waals surface area contributed by atoms with Crippen molar-refractivity contribution < 1.29 is 14.3 Å². The topological polar surface area (TPSA) is 54.4 Å². The summed E-state index contributed by atoms with van der Waals surface area (Å²) in [6.45, 7) is 0. The van der Waals surface area contributed by atoms with E-state index in [0.717, 1.165) is 6.29 Å². The van der Waals surface area contributed by atoms with Gasteiger partial charge < -0.3 is 9.69 Å². The molecular formula is C4H9O3P. The molecule has 0 aromatic rings. The van der Waals surface area contributed by atoms with Gasteiger partial charge in [-0.25, -0.2) is 0 Å². The molecule has 1 unspecified atom stereocenters. The summed E-state index contributed by atoms with van der Waals surface area (Å²) < 4.78 is 9.94. The predicted molar refractivity (Wildman–Crippen MR) is 31.4 cm³/mol. The first-order chi connectivity index (χ1) is 3.77. The van der Waals surface area contributed by atoms with Crippen molar-refractivity contribution in [3.05, 3.63) is 0 Å². The molecular weight excluding hydrogens is 127 g/mol. The summed E-state index contributed by atoms with van der Waals surface area (Å²) in [7, 11) is -2.32. The zero-order valence-corrected chi connectivity index (χ0v) is 5.46. The van der Waals surface area contributed by atoms with Crippen LogP contribution in [0.5, 0.6) is 0 Å². The van der Waals surface area contributed by atoms with Crippen molar-refractivity contribution in [3.8, 4) is 0 Å². The molecule has 0 aromatic carbocycles. The van der Waals surface area contributed by atoms with Crippen LogP contribution >= 0.6 is 8.03 Å². The summed E-state index contributed by atoms with van der Waals surface area (Å²) in [6.07, 6.45) is 1.98. The van der Waals surface area contributed by atoms with Crippen molar-refractivity contribution in [3.63, 3.8) is 0 Å². The van der Waals surface area contributed by atoms with Gasteiger partial charge in [-0.2, -0.15) is 0 Å². The van der Waals surface area contributed by atoms with Gasteiger partial charge in [0.25, 0.3) is 0 Å². The van der Waals surface area contributed by atoms with E-state index in [1.165, 1.54) is 0 Å². The lowest BCUT2D eigenvalue weighted by atomic mass is 10.4. The number of unbranched alkanes of at least 4 members (excludes halogenated alkanes) is 1. The maximum atomic E-state index is 9.94. The standard InChI is InChI=1S/C4H9O3P/c5-3-1-2-4-8(6)7/h3,8H,1-2,4H2,(H,6,7). The van der Waals surface area contributed by atoms with Crippen LogP contribution in [0.25, 0.3) is 0 Å². The first-order valence-electron chi connectivity index (χ1n) is 2.43. The largest absolute Gasteiger partial charge is 0.346 e. The molecule has 0 aliphatic rings. The third kappa shape index (κ3) is 5.86. The van der Waals surface area contributed by atoms with Crippen LogP contribution < -0.4 is 0 Å². The van der Waals surface area contributed by atoms with Crippen LogP contribution in [0.4, 0.5) is 0 Å². The molecule has 0 saturated heterocycles. The molecule has 0 amide bonds. The van der Waals surface area contributed by atoms with Gasteiger partial charge in [0, 0.05) is 12.6 Å². The molecule has 1 atom stereocenters. The van der Waals surface area contributed by atoms with Gasteiger partial charge in [0.2, 0.25) is 0 Å². The van der Waals surface area contributed by atoms with E-state index >= 15 is 0 Å². The van der Waals surface area contributed by atoms with Crippen molar-refractivity contribution >= 4 is 14.3 Å². The second-order valence-electron chi connectivity index (χ2n) is 1.45. The summed E-state index contributed by atoms with van der Waals surface area (Å²) in [5.74, 6) is 0. The Morgan fingerprint density at radius 2 is 2.25 bits per heavy atom. The highest BCUT2D eigenvalue weighted by molar-refractivity contribution is 7.37. The lowest BCUT2D eigenvalue weighted by molar-refractivity contribution is -0.107. The number of hydrogen-bond acceptors (Lipinski definition) is 2. The molecule has 0 radical (unpaired) electrons. The molecule has 3 nitrogen and oxygen atoms in total. The summed E-state index contributed by atoms with van der Waals surface area (Å²) in [4.78, 5) is 17.8. The maximum Gasteiger partial charge on any atom is 0.189 e. The van der Waals surface area contributed by atoms with Crippen molar-refractivity contribution in [1.82, 2.24) is 0 Å². The molecule has 4 heteroatoms. The van der Waals surface area contributed by atoms with Gasteiger partial charge in [-0.3, -0.25) is 4.57 Å². The normalized spacial score (nSPS) is 13.1. The minimum Gasteiger partial charge on any atom is -0.346 e. The summed E-state index contributed by atoms with van der Waals surface area (Å²) >= 11 is 0. The number of carbonyl (C=O) groups is 1. The van der Waals surface area contributed by atoms with Gasteiger partial charge >= 0.3 is 0 Å². The smallest absolute Gasteiger partial charge is 0.189 e. The van der Waals surface area contributed by atoms with Crippen LogP contribution in [0.1, 0.15) is 12.8 Å². The Morgan fingerprint density at radius 1 is 1.62 bits per heavy atom. The molecule has 0 aliphatic heterocycles. The third-order valence-corrected chi connectivity index (χ3v) is 1.49. The Hall–Kier alpha value is -0.140. The minimum absolute atomic E-state index is 0.281. The zero-order chi connectivity index (χ0) is 6.41. The highest BCUT2D eigenvalue weighted by Crippen LogP contribution is 2.13. The van der Waals surface area contributed by atoms with Gasteiger partial charge in [0.1, 0.15) is 6.29 Å². The first-order valence-corrected chi connectivity index (χ1v) is 3.99. The Bertz CT molecular complexity index is 91.3. The van der Waals surface area contributed by atoms with Crippen LogP contribution in [0, 0.1) is 0 Å². The van der Waals surface area contributed by atoms with Crippen LogP contribution in [-0.2, 0) is 9.36 Å². The van der Waals surface area contributed by atoms with E-state index < -0.39 is 8.03 Å². The summed E-state index contributed by atoms with van der Waals surface area (Å²) in [6, 6.07) is 0. The van der Waals surface area contributed by atoms with E-state index in [4.69, 9.17) is 4.89 Å². The van der Waals surface area contributed by atoms with Crippen LogP contribution in [0.2, 0.25) is 0 Å². The SMILES string of the molecule is O=CCCC[PH](=O)O. The average Bonchev–Trinajstić information content (AvgIpc) is 1.66. The number of carbonyl (C=O) groups excluding carboxylic acids is 1. The van der Waals surface area contributed by atoms with Crippen molar-refractivity contribution in [2.45, 2.75) is 12.8 Å². The Kier molecular flexibility index (Phi) is 4.92. The molecule has 0 heterocycles. The maximum absolute atomic E-state index is 9.94. The fourth-order valence-electron chi connectivity index (χ4n) is 0.337. The molecule has 0 fully saturated rings. The predicted octanol–water partition coefficient (Wildman–Crippen LogP) is 0.432. The highest BCUT2D eigenvalue weighted by Gasteiger charge is 1.89. The van der Waals surface area contributed by atoms with E-state index in [0.29, 0.717) is 12.8 Å². The fraction of sp³-hybridized carbons (Fsp3) is 0.750. The summed E-state index contributed by atoms with van der Waals surface area (Å²) in [5.41, 5.74) is 0. The van der Waals surface area contributed by atoms with Gasteiger partial charge in [-0.1, -0.05) is 0 Å². The zero-order valence-electron chi connectivity index (χ0n) is 4.46. The van der Waals surface area contributed by atoms with Crippen LogP contribution in [0.3, 0.4) is 0 Å². The first kappa shape index (κ1) is 7.86. The second-order valence-corrected chi connectivity index (χ2v) is 2.74. The Balaban J connectivity index is 2.93. The van der Waals surface area contributed by atoms with Crippen LogP contribution in [-0.4, -0.2) is 17.3 Å². The molecule has 48 valence electrons. The highest BCUT2D eigenvalue weighted by atomic mass is 31.1. The fourth-order valence-corrected chi connectivity index (χ4v) is 0.843. The van der Waals surface area contributed by atoms with E-state index in [-0.39, 0.29) is 6.16 Å². The van der Waals surface area contributed by atoms with Crippen LogP contribution in [0.15, 0.2) is 0 Å². The molecule has 0 aliphatic carbocycles. The lowest BCUT2D eigenvalue weighted by Gasteiger charge is -1.87. The summed E-state index contributed by atoms with van der Waals surface area (Å²) in [5, 5.41) is 0. The molecule has 0 saturated carbocycles. The lowest BCUT2D eigenvalue weighted by Crippen LogP contribution is -1.78. The second kappa shape index (κ2) is 5.01. The number of rotatable bonds is 4. The van der Waals surface area contributed by atoms with E-state index in [2.05, 4.69) is 0 Å². The molecule has 0 spiro atoms. The quantitative estimate of drug-likeness (QED) is 0.346.